The van der Waals surface area contributed by atoms with Gasteiger partial charge in [0, 0.05) is 5.01 Å². The van der Waals surface area contributed by atoms with E-state index >= 15 is 0 Å². The third-order valence-electron chi connectivity index (χ3n) is 1.35. The predicted molar refractivity (Wildman–Crippen MR) is 48.2 cm³/mol. The van der Waals surface area contributed by atoms with Gasteiger partial charge in [-0.1, -0.05) is 6.08 Å². The first-order valence-electron chi connectivity index (χ1n) is 3.72. The van der Waals surface area contributed by atoms with Crippen LogP contribution in [0.15, 0.2) is 35.5 Å². The van der Waals surface area contributed by atoms with Gasteiger partial charge in [0.25, 0.3) is 0 Å². The summed E-state index contributed by atoms with van der Waals surface area (Å²) in [5.74, 6) is 0.501. The smallest absolute Gasteiger partial charge is 0.338 e. The van der Waals surface area contributed by atoms with E-state index in [2.05, 4.69) is 17.7 Å². The van der Waals surface area contributed by atoms with Crippen LogP contribution in [0.3, 0.4) is 0 Å². The number of rotatable bonds is 4. The molecule has 0 aromatic carbocycles. The molecule has 0 spiro atoms. The van der Waals surface area contributed by atoms with Crippen LogP contribution in [0.2, 0.25) is 0 Å². The van der Waals surface area contributed by atoms with E-state index < -0.39 is 6.10 Å². The molecule has 1 aromatic heterocycles. The summed E-state index contributed by atoms with van der Waals surface area (Å²) in [6.07, 6.45) is 2.42. The fraction of sp³-hybridized carbons (Fsp3) is 0.222. The van der Waals surface area contributed by atoms with Crippen molar-refractivity contribution in [3.05, 3.63) is 47.0 Å². The Hall–Kier alpha value is -1.73. The summed E-state index contributed by atoms with van der Waals surface area (Å²) in [4.78, 5) is 0. The third-order valence-corrected chi connectivity index (χ3v) is 1.35. The molecule has 0 saturated carbocycles. The largest absolute Gasteiger partial charge is 0.498 e. The Kier molecular flexibility index (Phi) is 3.61. The van der Waals surface area contributed by atoms with Gasteiger partial charge in [0.15, 0.2) is 5.76 Å². The van der Waals surface area contributed by atoms with E-state index in [1.165, 1.54) is 6.26 Å². The van der Waals surface area contributed by atoms with Crippen molar-refractivity contribution in [2.75, 3.05) is 6.61 Å². The van der Waals surface area contributed by atoms with Crippen LogP contribution >= 0.6 is 0 Å². The minimum atomic E-state index is -0.648. The maximum atomic E-state index is 9.97. The molecule has 0 radical (unpaired) electrons. The van der Waals surface area contributed by atoms with Crippen molar-refractivity contribution in [1.82, 2.24) is 0 Å². The van der Waals surface area contributed by atoms with Crippen molar-refractivity contribution >= 4 is 0 Å². The third kappa shape index (κ3) is 2.65. The summed E-state index contributed by atoms with van der Waals surface area (Å²) >= 11 is 0. The van der Waals surface area contributed by atoms with Crippen LogP contribution in [0.25, 0.3) is 5.01 Å². The fourth-order valence-corrected chi connectivity index (χ4v) is 0.836. The number of ether oxygens (including phenoxy) is 1. The van der Waals surface area contributed by atoms with Gasteiger partial charge in [0.2, 0.25) is 6.10 Å². The van der Waals surface area contributed by atoms with Crippen LogP contribution in [-0.4, -0.2) is 6.61 Å². The highest BCUT2D eigenvalue weighted by Crippen LogP contribution is 2.16. The van der Waals surface area contributed by atoms with Gasteiger partial charge in [-0.25, -0.2) is 0 Å². The molecular formula is C9H9NO3. The second-order valence-electron chi connectivity index (χ2n) is 2.24. The van der Waals surface area contributed by atoms with E-state index in [0.29, 0.717) is 12.4 Å². The van der Waals surface area contributed by atoms with Gasteiger partial charge in [-0.15, -0.1) is 6.58 Å². The molecule has 1 unspecified atom stereocenters. The van der Waals surface area contributed by atoms with E-state index in [-0.39, 0.29) is 0 Å². The highest BCUT2D eigenvalue weighted by Gasteiger charge is 2.17. The van der Waals surface area contributed by atoms with Crippen molar-refractivity contribution in [1.29, 1.82) is 0 Å². The van der Waals surface area contributed by atoms with Crippen molar-refractivity contribution in [3.8, 4) is 6.07 Å². The Labute approximate surface area is 75.8 Å². The zero-order valence-electron chi connectivity index (χ0n) is 6.97. The van der Waals surface area contributed by atoms with Gasteiger partial charge in [0.05, 0.1) is 12.9 Å². The zero-order valence-corrected chi connectivity index (χ0v) is 6.97. The standard InChI is InChI=1S/C9H9NO3/c1-2-5-12-9(7-10-11)8-4-3-6-13-8/h2-4,6,9H,1,5H2. The molecule has 0 fully saturated rings. The molecule has 4 nitrogen and oxygen atoms in total. The molecule has 4 heteroatoms. The summed E-state index contributed by atoms with van der Waals surface area (Å²) in [5.41, 5.74) is 0. The zero-order chi connectivity index (χ0) is 9.52. The maximum absolute atomic E-state index is 9.97. The van der Waals surface area contributed by atoms with Crippen LogP contribution in [0.5, 0.6) is 0 Å². The minimum absolute atomic E-state index is 0.313. The molecule has 0 aliphatic carbocycles. The quantitative estimate of drug-likeness (QED) is 0.526. The molecule has 1 heterocycles. The SMILES string of the molecule is C=CCOC(C#[N+][O-])c1ccco1. The Morgan fingerprint density at radius 2 is 2.69 bits per heavy atom. The van der Waals surface area contributed by atoms with Gasteiger partial charge in [-0.2, -0.15) is 0 Å². The summed E-state index contributed by atoms with van der Waals surface area (Å²) in [6.45, 7) is 3.80. The van der Waals surface area contributed by atoms with E-state index in [1.807, 2.05) is 0 Å². The molecule has 68 valence electrons. The van der Waals surface area contributed by atoms with E-state index in [0.717, 1.165) is 0 Å². The first-order chi connectivity index (χ1) is 6.38. The maximum Gasteiger partial charge on any atom is 0.338 e. The minimum Gasteiger partial charge on any atom is -0.498 e. The molecule has 1 aromatic rings. The predicted octanol–water partition coefficient (Wildman–Crippen LogP) is 2.35. The van der Waals surface area contributed by atoms with Gasteiger partial charge in [0.1, 0.15) is 0 Å². The lowest BCUT2D eigenvalue weighted by molar-refractivity contribution is 0.0995. The average molecular weight is 179 g/mol. The van der Waals surface area contributed by atoms with Crippen LogP contribution in [0.1, 0.15) is 11.9 Å². The fourth-order valence-electron chi connectivity index (χ4n) is 0.836. The van der Waals surface area contributed by atoms with Crippen molar-refractivity contribution in [2.24, 2.45) is 0 Å². The number of hydrogen-bond donors (Lipinski definition) is 0. The topological polar surface area (TPSA) is 49.8 Å². The molecule has 0 bridgehead atoms. The van der Waals surface area contributed by atoms with Crippen molar-refractivity contribution < 1.29 is 9.15 Å². The first-order valence-corrected chi connectivity index (χ1v) is 3.72. The molecule has 1 atom stereocenters. The first kappa shape index (κ1) is 9.36. The van der Waals surface area contributed by atoms with Crippen molar-refractivity contribution in [3.63, 3.8) is 0 Å². The molecular weight excluding hydrogens is 170 g/mol. The van der Waals surface area contributed by atoms with Gasteiger partial charge < -0.3 is 14.4 Å². The Morgan fingerprint density at radius 3 is 3.23 bits per heavy atom. The lowest BCUT2D eigenvalue weighted by atomic mass is 10.3. The Balaban J connectivity index is 2.66. The van der Waals surface area contributed by atoms with Crippen molar-refractivity contribution in [2.45, 2.75) is 6.10 Å². The summed E-state index contributed by atoms with van der Waals surface area (Å²) in [5, 5.41) is 12.5. The Morgan fingerprint density at radius 1 is 1.85 bits per heavy atom. The van der Waals surface area contributed by atoms with Crippen LogP contribution in [-0.2, 0) is 4.74 Å². The molecule has 13 heavy (non-hydrogen) atoms. The van der Waals surface area contributed by atoms with Gasteiger partial charge in [-0.3, -0.25) is 0 Å². The lowest BCUT2D eigenvalue weighted by Gasteiger charge is -2.01. The van der Waals surface area contributed by atoms with Gasteiger partial charge in [-0.05, 0) is 12.1 Å². The van der Waals surface area contributed by atoms with E-state index in [9.17, 15) is 5.21 Å². The molecule has 0 N–H and O–H groups in total. The monoisotopic (exact) mass is 179 g/mol. The van der Waals surface area contributed by atoms with E-state index in [4.69, 9.17) is 9.15 Å². The molecule has 0 aliphatic heterocycles. The summed E-state index contributed by atoms with van der Waals surface area (Å²) in [7, 11) is 0. The lowest BCUT2D eigenvalue weighted by Crippen LogP contribution is -2.00. The molecule has 0 saturated heterocycles. The van der Waals surface area contributed by atoms with Gasteiger partial charge >= 0.3 is 6.07 Å². The second kappa shape index (κ2) is 5.01. The molecule has 0 amide bonds. The summed E-state index contributed by atoms with van der Waals surface area (Å²) < 4.78 is 10.2. The number of furan rings is 1. The Bertz CT molecular complexity index is 307. The number of nitrogens with zero attached hydrogens (tertiary/aromatic N) is 1. The second-order valence-corrected chi connectivity index (χ2v) is 2.24. The van der Waals surface area contributed by atoms with E-state index in [1.54, 1.807) is 18.2 Å². The molecule has 1 rings (SSSR count). The highest BCUT2D eigenvalue weighted by molar-refractivity contribution is 5.13. The normalized spacial score (nSPS) is 11.4. The molecule has 0 aliphatic rings. The summed E-state index contributed by atoms with van der Waals surface area (Å²) in [6, 6.07) is 5.61. The van der Waals surface area contributed by atoms with Crippen LogP contribution in [0.4, 0.5) is 0 Å². The van der Waals surface area contributed by atoms with Crippen LogP contribution < -0.4 is 0 Å². The van der Waals surface area contributed by atoms with Crippen LogP contribution in [0, 0.1) is 11.3 Å². The highest BCUT2D eigenvalue weighted by atomic mass is 16.5. The number of hydrogen-bond acceptors (Lipinski definition) is 3. The average Bonchev–Trinajstić information content (AvgIpc) is 2.65.